The van der Waals surface area contributed by atoms with Crippen molar-refractivity contribution in [3.05, 3.63) is 29.8 Å². The van der Waals surface area contributed by atoms with Gasteiger partial charge in [-0.1, -0.05) is 0 Å². The van der Waals surface area contributed by atoms with Crippen LogP contribution in [0.4, 0.5) is 0 Å². The molecule has 1 unspecified atom stereocenters. The number of rotatable bonds is 7. The lowest BCUT2D eigenvalue weighted by atomic mass is 10.1. The fourth-order valence-electron chi connectivity index (χ4n) is 1.56. The lowest BCUT2D eigenvalue weighted by molar-refractivity contribution is -0.119. The number of hydrogen-bond donors (Lipinski definition) is 0. The summed E-state index contributed by atoms with van der Waals surface area (Å²) >= 11 is 0. The minimum atomic E-state index is -0.0964. The predicted molar refractivity (Wildman–Crippen MR) is 67.4 cm³/mol. The lowest BCUT2D eigenvalue weighted by Gasteiger charge is -2.14. The average molecular weight is 247 g/mol. The second kappa shape index (κ2) is 7.46. The van der Waals surface area contributed by atoms with Gasteiger partial charge < -0.3 is 9.47 Å². The molecule has 0 aliphatic carbocycles. The molecular weight excluding hydrogens is 230 g/mol. The Hall–Kier alpha value is -1.86. The Morgan fingerprint density at radius 1 is 1.39 bits per heavy atom. The van der Waals surface area contributed by atoms with Crippen molar-refractivity contribution in [2.45, 2.75) is 25.9 Å². The Bertz CT molecular complexity index is 420. The molecule has 0 spiro atoms. The van der Waals surface area contributed by atoms with Gasteiger partial charge in [0.25, 0.3) is 0 Å². The zero-order valence-electron chi connectivity index (χ0n) is 10.7. The Balaban J connectivity index is 2.36. The minimum absolute atomic E-state index is 0.0964. The van der Waals surface area contributed by atoms with E-state index in [1.165, 1.54) is 0 Å². The van der Waals surface area contributed by atoms with Crippen LogP contribution in [0.2, 0.25) is 0 Å². The van der Waals surface area contributed by atoms with Crippen molar-refractivity contribution in [2.24, 2.45) is 0 Å². The van der Waals surface area contributed by atoms with Gasteiger partial charge in [0.15, 0.2) is 0 Å². The quantitative estimate of drug-likeness (QED) is 0.742. The highest BCUT2D eigenvalue weighted by Gasteiger charge is 2.10. The van der Waals surface area contributed by atoms with Gasteiger partial charge in [-0.05, 0) is 31.2 Å². The zero-order valence-corrected chi connectivity index (χ0v) is 10.7. The van der Waals surface area contributed by atoms with E-state index in [4.69, 9.17) is 14.7 Å². The molecule has 0 radical (unpaired) electrons. The molecule has 96 valence electrons. The molecule has 4 heteroatoms. The first-order valence-corrected chi connectivity index (χ1v) is 5.81. The summed E-state index contributed by atoms with van der Waals surface area (Å²) in [6, 6.07) is 8.97. The zero-order chi connectivity index (χ0) is 13.4. The molecule has 0 amide bonds. The molecule has 0 fully saturated rings. The number of hydrogen-bond acceptors (Lipinski definition) is 4. The number of methoxy groups -OCH3 is 1. The van der Waals surface area contributed by atoms with E-state index in [-0.39, 0.29) is 11.9 Å². The van der Waals surface area contributed by atoms with Gasteiger partial charge in [0.1, 0.15) is 11.5 Å². The van der Waals surface area contributed by atoms with Crippen molar-refractivity contribution >= 4 is 5.78 Å². The van der Waals surface area contributed by atoms with E-state index in [0.717, 1.165) is 0 Å². The fourth-order valence-corrected chi connectivity index (χ4v) is 1.56. The van der Waals surface area contributed by atoms with Crippen LogP contribution in [0.5, 0.6) is 5.75 Å². The Kier molecular flexibility index (Phi) is 5.89. The maximum atomic E-state index is 11.0. The lowest BCUT2D eigenvalue weighted by Crippen LogP contribution is -2.17. The number of Topliss-reactive ketones (excluding diaryl/α,β-unsaturated/α-hetero) is 1. The van der Waals surface area contributed by atoms with Gasteiger partial charge >= 0.3 is 0 Å². The van der Waals surface area contributed by atoms with Gasteiger partial charge in [-0.25, -0.2) is 0 Å². The van der Waals surface area contributed by atoms with Crippen LogP contribution in [0, 0.1) is 11.3 Å². The van der Waals surface area contributed by atoms with E-state index >= 15 is 0 Å². The number of ketones is 1. The van der Waals surface area contributed by atoms with Gasteiger partial charge in [0, 0.05) is 20.0 Å². The number of nitriles is 1. The number of ether oxygens (including phenoxy) is 2. The maximum Gasteiger partial charge on any atom is 0.132 e. The van der Waals surface area contributed by atoms with Gasteiger partial charge in [0.2, 0.25) is 0 Å². The Morgan fingerprint density at radius 3 is 2.56 bits per heavy atom. The highest BCUT2D eigenvalue weighted by molar-refractivity contribution is 5.75. The Labute approximate surface area is 107 Å². The van der Waals surface area contributed by atoms with Gasteiger partial charge in [-0.2, -0.15) is 5.26 Å². The van der Waals surface area contributed by atoms with E-state index in [1.54, 1.807) is 38.3 Å². The number of carbonyl (C=O) groups excluding carboxylic acids is 1. The molecule has 0 bridgehead atoms. The molecule has 0 saturated carbocycles. The first-order chi connectivity index (χ1) is 8.65. The summed E-state index contributed by atoms with van der Waals surface area (Å²) in [6.45, 7) is 2.03. The molecule has 0 saturated heterocycles. The summed E-state index contributed by atoms with van der Waals surface area (Å²) in [5.74, 6) is 0.826. The predicted octanol–water partition coefficient (Wildman–Crippen LogP) is 2.32. The maximum absolute atomic E-state index is 11.0. The molecule has 0 aliphatic rings. The summed E-state index contributed by atoms with van der Waals surface area (Å²) in [7, 11) is 1.59. The van der Waals surface area contributed by atoms with Crippen molar-refractivity contribution in [1.82, 2.24) is 0 Å². The van der Waals surface area contributed by atoms with Crippen molar-refractivity contribution in [3.8, 4) is 11.8 Å². The third kappa shape index (κ3) is 4.98. The summed E-state index contributed by atoms with van der Waals surface area (Å²) < 4.78 is 10.7. The van der Waals surface area contributed by atoms with E-state index < -0.39 is 0 Å². The highest BCUT2D eigenvalue weighted by Crippen LogP contribution is 2.13. The summed E-state index contributed by atoms with van der Waals surface area (Å²) in [4.78, 5) is 11.0. The monoisotopic (exact) mass is 247 g/mol. The molecule has 0 aromatic heterocycles. The average Bonchev–Trinajstić information content (AvgIpc) is 2.38. The highest BCUT2D eigenvalue weighted by atomic mass is 16.5. The van der Waals surface area contributed by atoms with Crippen molar-refractivity contribution in [2.75, 3.05) is 13.7 Å². The van der Waals surface area contributed by atoms with Crippen molar-refractivity contribution in [1.29, 1.82) is 5.26 Å². The van der Waals surface area contributed by atoms with E-state index in [2.05, 4.69) is 0 Å². The van der Waals surface area contributed by atoms with Crippen LogP contribution in [-0.4, -0.2) is 25.6 Å². The molecule has 1 rings (SSSR count). The Morgan fingerprint density at radius 2 is 2.06 bits per heavy atom. The topological polar surface area (TPSA) is 59.3 Å². The molecule has 0 heterocycles. The van der Waals surface area contributed by atoms with Crippen LogP contribution in [0.1, 0.15) is 25.3 Å². The molecule has 1 aromatic rings. The summed E-state index contributed by atoms with van der Waals surface area (Å²) in [5, 5.41) is 8.65. The molecule has 18 heavy (non-hydrogen) atoms. The molecule has 0 N–H and O–H groups in total. The largest absolute Gasteiger partial charge is 0.493 e. The third-order valence-electron chi connectivity index (χ3n) is 2.54. The second-order valence-corrected chi connectivity index (χ2v) is 4.04. The molecule has 4 nitrogen and oxygen atoms in total. The molecule has 1 atom stereocenters. The molecule has 1 aromatic carbocycles. The van der Waals surface area contributed by atoms with E-state index in [1.807, 2.05) is 6.07 Å². The first-order valence-electron chi connectivity index (χ1n) is 5.81. The van der Waals surface area contributed by atoms with Crippen LogP contribution in [0.3, 0.4) is 0 Å². The van der Waals surface area contributed by atoms with Crippen LogP contribution >= 0.6 is 0 Å². The van der Waals surface area contributed by atoms with Crippen molar-refractivity contribution < 1.29 is 14.3 Å². The van der Waals surface area contributed by atoms with Crippen molar-refractivity contribution in [3.63, 3.8) is 0 Å². The van der Waals surface area contributed by atoms with Gasteiger partial charge in [-0.15, -0.1) is 0 Å². The van der Waals surface area contributed by atoms with E-state index in [0.29, 0.717) is 30.8 Å². The normalized spacial score (nSPS) is 11.6. The van der Waals surface area contributed by atoms with Crippen LogP contribution in [-0.2, 0) is 9.53 Å². The van der Waals surface area contributed by atoms with Crippen LogP contribution in [0.15, 0.2) is 24.3 Å². The second-order valence-electron chi connectivity index (χ2n) is 4.04. The molecular formula is C14H17NO3. The smallest absolute Gasteiger partial charge is 0.132 e. The molecule has 0 aliphatic heterocycles. The summed E-state index contributed by atoms with van der Waals surface area (Å²) in [5.41, 5.74) is 0.605. The van der Waals surface area contributed by atoms with Crippen LogP contribution in [0.25, 0.3) is 0 Å². The first kappa shape index (κ1) is 14.2. The van der Waals surface area contributed by atoms with Crippen LogP contribution < -0.4 is 4.74 Å². The third-order valence-corrected chi connectivity index (χ3v) is 2.54. The van der Waals surface area contributed by atoms with Gasteiger partial charge in [0.05, 0.1) is 24.3 Å². The van der Waals surface area contributed by atoms with E-state index in [9.17, 15) is 4.79 Å². The SMILES string of the molecule is COC(CCOc1ccc(C#N)cc1)CC(C)=O. The summed E-state index contributed by atoms with van der Waals surface area (Å²) in [6.07, 6.45) is 0.976. The van der Waals surface area contributed by atoms with Gasteiger partial charge in [-0.3, -0.25) is 4.79 Å². The standard InChI is InChI=1S/C14H17NO3/c1-11(16)9-14(17-2)7-8-18-13-5-3-12(10-15)4-6-13/h3-6,14H,7-9H2,1-2H3. The number of nitrogens with zero attached hydrogens (tertiary/aromatic N) is 1. The fraction of sp³-hybridized carbons (Fsp3) is 0.429. The minimum Gasteiger partial charge on any atom is -0.493 e. The number of benzene rings is 1. The number of carbonyl (C=O) groups is 1.